The standard InChI is InChI=1S/C27H46O5/c1-15(2)20(29)7-6-16(3)18-13-21(30)24-26(18,5)11-9-23-25(4)10-8-17(28)12-19(25)22(31)14-27(23,24)32/h6-7,15-24,28-32H,8-14H2,1-5H3/b7-6+/t16-,17+,18-,19-,20?,21+,22-,23-,24-,25+,26-,27+/m1/s1. The zero-order valence-corrected chi connectivity index (χ0v) is 20.6. The second-order valence-corrected chi connectivity index (χ2v) is 12.8. The second kappa shape index (κ2) is 8.34. The maximum absolute atomic E-state index is 12.3. The predicted molar refractivity (Wildman–Crippen MR) is 125 cm³/mol. The first-order valence-electron chi connectivity index (χ1n) is 13.0. The van der Waals surface area contributed by atoms with Crippen LogP contribution in [0, 0.1) is 46.3 Å². The van der Waals surface area contributed by atoms with Crippen LogP contribution in [-0.2, 0) is 0 Å². The molecule has 5 heteroatoms. The van der Waals surface area contributed by atoms with Crippen LogP contribution >= 0.6 is 0 Å². The van der Waals surface area contributed by atoms with Crippen molar-refractivity contribution in [2.75, 3.05) is 0 Å². The van der Waals surface area contributed by atoms with Crippen molar-refractivity contribution < 1.29 is 25.5 Å². The minimum absolute atomic E-state index is 0.00889. The molecular formula is C27H46O5. The van der Waals surface area contributed by atoms with Crippen molar-refractivity contribution in [3.63, 3.8) is 0 Å². The average molecular weight is 451 g/mol. The number of hydrogen-bond acceptors (Lipinski definition) is 5. The van der Waals surface area contributed by atoms with E-state index in [0.29, 0.717) is 19.3 Å². The van der Waals surface area contributed by atoms with Gasteiger partial charge in [-0.2, -0.15) is 0 Å². The SMILES string of the molecule is CC(C)C(O)/C=C/[C@@H](C)[C@H]1C[C@H](O)[C@@H]2[C@]1(C)CC[C@@H]1[C@@]3(C)CC[C@H](O)C[C@@H]3[C@H](O)C[C@]12O. The molecule has 0 bridgehead atoms. The number of hydrogen-bond donors (Lipinski definition) is 5. The van der Waals surface area contributed by atoms with Gasteiger partial charge in [-0.1, -0.05) is 46.8 Å². The lowest BCUT2D eigenvalue weighted by molar-refractivity contribution is -0.263. The first-order chi connectivity index (χ1) is 14.8. The third kappa shape index (κ3) is 3.62. The molecule has 32 heavy (non-hydrogen) atoms. The number of fused-ring (bicyclic) bond motifs is 5. The molecule has 0 aromatic carbocycles. The van der Waals surface area contributed by atoms with Gasteiger partial charge in [0.25, 0.3) is 0 Å². The van der Waals surface area contributed by atoms with Crippen molar-refractivity contribution in [2.24, 2.45) is 46.3 Å². The average Bonchev–Trinajstić information content (AvgIpc) is 2.98. The maximum atomic E-state index is 12.3. The monoisotopic (exact) mass is 450 g/mol. The highest BCUT2D eigenvalue weighted by atomic mass is 16.3. The molecule has 0 aromatic rings. The zero-order chi connectivity index (χ0) is 23.6. The molecule has 0 aliphatic heterocycles. The van der Waals surface area contributed by atoms with Crippen LogP contribution in [0.15, 0.2) is 12.2 Å². The van der Waals surface area contributed by atoms with Gasteiger partial charge in [0.2, 0.25) is 0 Å². The molecule has 0 aromatic heterocycles. The highest BCUT2D eigenvalue weighted by molar-refractivity contribution is 5.20. The Morgan fingerprint density at radius 2 is 1.53 bits per heavy atom. The topological polar surface area (TPSA) is 101 Å². The molecule has 0 heterocycles. The Kier molecular flexibility index (Phi) is 6.42. The van der Waals surface area contributed by atoms with E-state index in [0.717, 1.165) is 25.7 Å². The van der Waals surface area contributed by atoms with E-state index in [1.807, 2.05) is 19.9 Å². The van der Waals surface area contributed by atoms with Crippen molar-refractivity contribution >= 4 is 0 Å². The van der Waals surface area contributed by atoms with Crippen LogP contribution in [0.25, 0.3) is 0 Å². The Morgan fingerprint density at radius 3 is 2.19 bits per heavy atom. The predicted octanol–water partition coefficient (Wildman–Crippen LogP) is 3.27. The Balaban J connectivity index is 1.64. The minimum Gasteiger partial charge on any atom is -0.393 e. The Morgan fingerprint density at radius 1 is 0.875 bits per heavy atom. The van der Waals surface area contributed by atoms with Crippen LogP contribution in [0.5, 0.6) is 0 Å². The summed E-state index contributed by atoms with van der Waals surface area (Å²) in [5, 5.41) is 55.3. The van der Waals surface area contributed by atoms with Crippen molar-refractivity contribution in [2.45, 2.75) is 110 Å². The molecule has 5 N–H and O–H groups in total. The number of aliphatic hydroxyl groups excluding tert-OH is 4. The molecule has 1 unspecified atom stereocenters. The molecule has 4 saturated carbocycles. The van der Waals surface area contributed by atoms with Crippen molar-refractivity contribution in [3.05, 3.63) is 12.2 Å². The van der Waals surface area contributed by atoms with Gasteiger partial charge in [-0.05, 0) is 78.9 Å². The summed E-state index contributed by atoms with van der Waals surface area (Å²) in [4.78, 5) is 0. The lowest BCUT2D eigenvalue weighted by Gasteiger charge is -2.66. The van der Waals surface area contributed by atoms with E-state index in [-0.39, 0.29) is 52.4 Å². The van der Waals surface area contributed by atoms with Gasteiger partial charge in [-0.15, -0.1) is 0 Å². The quantitative estimate of drug-likeness (QED) is 0.423. The van der Waals surface area contributed by atoms with E-state index in [4.69, 9.17) is 0 Å². The maximum Gasteiger partial charge on any atom is 0.0763 e. The van der Waals surface area contributed by atoms with Crippen LogP contribution in [0.4, 0.5) is 0 Å². The lowest BCUT2D eigenvalue weighted by Crippen LogP contribution is -2.68. The van der Waals surface area contributed by atoms with E-state index in [2.05, 4.69) is 26.8 Å². The fourth-order valence-electron chi connectivity index (χ4n) is 8.98. The zero-order valence-electron chi connectivity index (χ0n) is 20.6. The lowest BCUT2D eigenvalue weighted by atomic mass is 9.42. The molecule has 184 valence electrons. The fourth-order valence-corrected chi connectivity index (χ4v) is 8.98. The van der Waals surface area contributed by atoms with E-state index in [9.17, 15) is 25.5 Å². The molecule has 4 rings (SSSR count). The second-order valence-electron chi connectivity index (χ2n) is 12.8. The summed E-state index contributed by atoms with van der Waals surface area (Å²) in [7, 11) is 0. The molecule has 5 nitrogen and oxygen atoms in total. The molecule has 12 atom stereocenters. The van der Waals surface area contributed by atoms with Gasteiger partial charge in [0.05, 0.1) is 30.0 Å². The van der Waals surface area contributed by atoms with Crippen LogP contribution in [0.2, 0.25) is 0 Å². The van der Waals surface area contributed by atoms with Gasteiger partial charge in [0.15, 0.2) is 0 Å². The third-order valence-electron chi connectivity index (χ3n) is 10.7. The highest BCUT2D eigenvalue weighted by Gasteiger charge is 2.70. The number of allylic oxidation sites excluding steroid dienone is 1. The van der Waals surface area contributed by atoms with Crippen molar-refractivity contribution in [1.82, 2.24) is 0 Å². The van der Waals surface area contributed by atoms with Gasteiger partial charge in [0, 0.05) is 12.3 Å². The summed E-state index contributed by atoms with van der Waals surface area (Å²) in [6, 6.07) is 0. The summed E-state index contributed by atoms with van der Waals surface area (Å²) < 4.78 is 0. The van der Waals surface area contributed by atoms with E-state index in [1.165, 1.54) is 0 Å². The van der Waals surface area contributed by atoms with Gasteiger partial charge in [-0.3, -0.25) is 0 Å². The Bertz CT molecular complexity index is 723. The van der Waals surface area contributed by atoms with E-state index < -0.39 is 23.9 Å². The van der Waals surface area contributed by atoms with Gasteiger partial charge < -0.3 is 25.5 Å². The largest absolute Gasteiger partial charge is 0.393 e. The minimum atomic E-state index is -1.09. The normalized spacial score (nSPS) is 53.0. The van der Waals surface area contributed by atoms with Gasteiger partial charge in [0.1, 0.15) is 0 Å². The molecule has 0 amide bonds. The Labute approximate surface area is 193 Å². The molecule has 0 saturated heterocycles. The number of rotatable bonds is 4. The first kappa shape index (κ1) is 24.7. The highest BCUT2D eigenvalue weighted by Crippen LogP contribution is 2.69. The molecule has 4 aliphatic carbocycles. The molecular weight excluding hydrogens is 404 g/mol. The van der Waals surface area contributed by atoms with Crippen LogP contribution in [0.3, 0.4) is 0 Å². The Hall–Kier alpha value is -0.460. The van der Waals surface area contributed by atoms with Crippen molar-refractivity contribution in [1.29, 1.82) is 0 Å². The number of aliphatic hydroxyl groups is 5. The van der Waals surface area contributed by atoms with Crippen LogP contribution in [-0.4, -0.2) is 55.5 Å². The van der Waals surface area contributed by atoms with Crippen LogP contribution < -0.4 is 0 Å². The van der Waals surface area contributed by atoms with Crippen LogP contribution in [0.1, 0.15) is 79.6 Å². The first-order valence-corrected chi connectivity index (χ1v) is 13.0. The van der Waals surface area contributed by atoms with Gasteiger partial charge in [-0.25, -0.2) is 0 Å². The molecule has 0 radical (unpaired) electrons. The van der Waals surface area contributed by atoms with E-state index >= 15 is 0 Å². The summed E-state index contributed by atoms with van der Waals surface area (Å²) >= 11 is 0. The summed E-state index contributed by atoms with van der Waals surface area (Å²) in [6.45, 7) is 10.6. The molecule has 4 aliphatic rings. The molecule has 4 fully saturated rings. The van der Waals surface area contributed by atoms with Crippen molar-refractivity contribution in [3.8, 4) is 0 Å². The third-order valence-corrected chi connectivity index (χ3v) is 10.7. The van der Waals surface area contributed by atoms with E-state index in [1.54, 1.807) is 0 Å². The molecule has 0 spiro atoms. The smallest absolute Gasteiger partial charge is 0.0763 e. The van der Waals surface area contributed by atoms with Gasteiger partial charge >= 0.3 is 0 Å². The summed E-state index contributed by atoms with van der Waals surface area (Å²) in [5.41, 5.74) is -1.51. The summed E-state index contributed by atoms with van der Waals surface area (Å²) in [5.74, 6) is 0.363. The fraction of sp³-hybridized carbons (Fsp3) is 0.926. The summed E-state index contributed by atoms with van der Waals surface area (Å²) in [6.07, 6.45) is 6.86.